The average Bonchev–Trinajstić information content (AvgIpc) is 2.84. The van der Waals surface area contributed by atoms with Crippen LogP contribution in [0.2, 0.25) is 0 Å². The van der Waals surface area contributed by atoms with Crippen LogP contribution in [0.5, 0.6) is 5.75 Å². The molecule has 1 aromatic heterocycles. The Labute approximate surface area is 131 Å². The minimum atomic E-state index is 0.211. The number of hydrogen-bond donors (Lipinski definition) is 2. The molecule has 2 N–H and O–H groups in total. The fraction of sp³-hybridized carbons (Fsp3) is 0.500. The van der Waals surface area contributed by atoms with E-state index in [1.807, 2.05) is 13.1 Å². The van der Waals surface area contributed by atoms with Crippen molar-refractivity contribution in [3.8, 4) is 5.75 Å². The van der Waals surface area contributed by atoms with Crippen LogP contribution >= 0.6 is 0 Å². The number of nitrogens with zero attached hydrogens (tertiary/aromatic N) is 1. The minimum Gasteiger partial charge on any atom is -0.508 e. The maximum atomic E-state index is 12.2. The van der Waals surface area contributed by atoms with Crippen molar-refractivity contribution in [3.63, 3.8) is 0 Å². The number of aromatic hydroxyl groups is 1. The first-order valence-electron chi connectivity index (χ1n) is 8.20. The number of aromatic nitrogens is 1. The summed E-state index contributed by atoms with van der Waals surface area (Å²) in [5.41, 5.74) is 2.27. The van der Waals surface area contributed by atoms with E-state index in [1.165, 1.54) is 19.3 Å². The number of phenolic OH excluding ortho intramolecular Hbond substituents is 1. The molecule has 2 aromatic rings. The van der Waals surface area contributed by atoms with Crippen LogP contribution in [-0.4, -0.2) is 22.1 Å². The fourth-order valence-corrected chi connectivity index (χ4v) is 3.49. The third kappa shape index (κ3) is 3.11. The molecule has 1 aliphatic rings. The quantitative estimate of drug-likeness (QED) is 0.911. The molecule has 1 aromatic carbocycles. The zero-order valence-electron chi connectivity index (χ0n) is 13.1. The number of carbonyl (C=O) groups is 1. The van der Waals surface area contributed by atoms with E-state index in [0.29, 0.717) is 6.54 Å². The van der Waals surface area contributed by atoms with Crippen molar-refractivity contribution in [1.29, 1.82) is 0 Å². The minimum absolute atomic E-state index is 0.211. The van der Waals surface area contributed by atoms with Gasteiger partial charge in [0.25, 0.3) is 0 Å². The molecule has 1 fully saturated rings. The molecule has 0 unspecified atom stereocenters. The van der Waals surface area contributed by atoms with E-state index in [2.05, 4.69) is 16.1 Å². The molecule has 3 rings (SSSR count). The SMILES string of the molecule is Cn1cc(CCNC(=O)C2CCCCC2)c2cc(O)ccc21. The van der Waals surface area contributed by atoms with E-state index in [1.54, 1.807) is 12.1 Å². The van der Waals surface area contributed by atoms with Crippen LogP contribution in [0.25, 0.3) is 10.9 Å². The van der Waals surface area contributed by atoms with Crippen molar-refractivity contribution in [2.45, 2.75) is 38.5 Å². The maximum absolute atomic E-state index is 12.2. The lowest BCUT2D eigenvalue weighted by Gasteiger charge is -2.20. The highest BCUT2D eigenvalue weighted by molar-refractivity contribution is 5.85. The van der Waals surface area contributed by atoms with Gasteiger partial charge in [0, 0.05) is 36.6 Å². The van der Waals surface area contributed by atoms with Crippen LogP contribution in [0.1, 0.15) is 37.7 Å². The van der Waals surface area contributed by atoms with E-state index in [0.717, 1.165) is 35.7 Å². The molecule has 4 nitrogen and oxygen atoms in total. The second-order valence-electron chi connectivity index (χ2n) is 6.34. The van der Waals surface area contributed by atoms with Gasteiger partial charge in [-0.3, -0.25) is 4.79 Å². The van der Waals surface area contributed by atoms with E-state index in [4.69, 9.17) is 0 Å². The van der Waals surface area contributed by atoms with Gasteiger partial charge in [-0.15, -0.1) is 0 Å². The summed E-state index contributed by atoms with van der Waals surface area (Å²) < 4.78 is 2.06. The van der Waals surface area contributed by atoms with E-state index in [-0.39, 0.29) is 17.6 Å². The van der Waals surface area contributed by atoms with Gasteiger partial charge < -0.3 is 15.0 Å². The molecule has 1 saturated carbocycles. The van der Waals surface area contributed by atoms with E-state index >= 15 is 0 Å². The van der Waals surface area contributed by atoms with Crippen molar-refractivity contribution in [1.82, 2.24) is 9.88 Å². The second-order valence-corrected chi connectivity index (χ2v) is 6.34. The molecule has 0 bridgehead atoms. The smallest absolute Gasteiger partial charge is 0.223 e. The Morgan fingerprint density at radius 1 is 1.32 bits per heavy atom. The molecule has 0 aliphatic heterocycles. The molecule has 1 heterocycles. The van der Waals surface area contributed by atoms with Crippen molar-refractivity contribution in [2.24, 2.45) is 13.0 Å². The summed E-state index contributed by atoms with van der Waals surface area (Å²) >= 11 is 0. The number of amides is 1. The number of phenols is 1. The van der Waals surface area contributed by atoms with Crippen LogP contribution in [0.3, 0.4) is 0 Å². The van der Waals surface area contributed by atoms with Gasteiger partial charge in [0.2, 0.25) is 5.91 Å². The number of aryl methyl sites for hydroxylation is 1. The Balaban J connectivity index is 1.62. The van der Waals surface area contributed by atoms with Gasteiger partial charge in [-0.05, 0) is 43.0 Å². The van der Waals surface area contributed by atoms with Crippen LogP contribution < -0.4 is 5.32 Å². The van der Waals surface area contributed by atoms with Gasteiger partial charge in [0.05, 0.1) is 0 Å². The molecular formula is C18H24N2O2. The predicted octanol–water partition coefficient (Wildman–Crippen LogP) is 3.12. The monoisotopic (exact) mass is 300 g/mol. The summed E-state index contributed by atoms with van der Waals surface area (Å²) in [5.74, 6) is 0.708. The van der Waals surface area contributed by atoms with E-state index < -0.39 is 0 Å². The summed E-state index contributed by atoms with van der Waals surface area (Å²) in [6.45, 7) is 0.657. The van der Waals surface area contributed by atoms with Crippen LogP contribution in [-0.2, 0) is 18.3 Å². The fourth-order valence-electron chi connectivity index (χ4n) is 3.49. The largest absolute Gasteiger partial charge is 0.508 e. The summed E-state index contributed by atoms with van der Waals surface area (Å²) in [6.07, 6.45) is 8.57. The predicted molar refractivity (Wildman–Crippen MR) is 87.9 cm³/mol. The first-order valence-corrected chi connectivity index (χ1v) is 8.20. The molecule has 22 heavy (non-hydrogen) atoms. The summed E-state index contributed by atoms with van der Waals surface area (Å²) in [4.78, 5) is 12.2. The maximum Gasteiger partial charge on any atom is 0.223 e. The molecular weight excluding hydrogens is 276 g/mol. The molecule has 0 atom stereocenters. The lowest BCUT2D eigenvalue weighted by atomic mass is 9.88. The van der Waals surface area contributed by atoms with E-state index in [9.17, 15) is 9.90 Å². The third-order valence-corrected chi connectivity index (χ3v) is 4.73. The van der Waals surface area contributed by atoms with Crippen molar-refractivity contribution < 1.29 is 9.90 Å². The van der Waals surface area contributed by atoms with Crippen molar-refractivity contribution in [2.75, 3.05) is 6.54 Å². The number of nitrogens with one attached hydrogen (secondary N) is 1. The van der Waals surface area contributed by atoms with Gasteiger partial charge in [-0.2, -0.15) is 0 Å². The van der Waals surface area contributed by atoms with Gasteiger partial charge in [0.15, 0.2) is 0 Å². The highest BCUT2D eigenvalue weighted by atomic mass is 16.3. The number of rotatable bonds is 4. The number of benzene rings is 1. The topological polar surface area (TPSA) is 54.3 Å². The van der Waals surface area contributed by atoms with Gasteiger partial charge in [0.1, 0.15) is 5.75 Å². The standard InChI is InChI=1S/C18H24N2O2/c1-20-12-14(16-11-15(21)7-8-17(16)20)9-10-19-18(22)13-5-3-2-4-6-13/h7-8,11-13,21H,2-6,9-10H2,1H3,(H,19,22). The van der Waals surface area contributed by atoms with Crippen LogP contribution in [0.4, 0.5) is 0 Å². The zero-order chi connectivity index (χ0) is 15.5. The number of carbonyl (C=O) groups excluding carboxylic acids is 1. The summed E-state index contributed by atoms with van der Waals surface area (Å²) in [6, 6.07) is 5.43. The normalized spacial score (nSPS) is 16.0. The molecule has 1 aliphatic carbocycles. The molecule has 0 spiro atoms. The molecule has 1 amide bonds. The van der Waals surface area contributed by atoms with Crippen molar-refractivity contribution >= 4 is 16.8 Å². The molecule has 0 radical (unpaired) electrons. The first kappa shape index (κ1) is 14.9. The lowest BCUT2D eigenvalue weighted by Crippen LogP contribution is -2.33. The Hall–Kier alpha value is -1.97. The number of hydrogen-bond acceptors (Lipinski definition) is 2. The Bertz CT molecular complexity index is 669. The number of fused-ring (bicyclic) bond motifs is 1. The Kier molecular flexibility index (Phi) is 4.36. The summed E-state index contributed by atoms with van der Waals surface area (Å²) in [5, 5.41) is 13.8. The Morgan fingerprint density at radius 2 is 2.09 bits per heavy atom. The highest BCUT2D eigenvalue weighted by Gasteiger charge is 2.20. The van der Waals surface area contributed by atoms with Gasteiger partial charge >= 0.3 is 0 Å². The highest BCUT2D eigenvalue weighted by Crippen LogP contribution is 2.25. The zero-order valence-corrected chi connectivity index (χ0v) is 13.1. The van der Waals surface area contributed by atoms with Crippen LogP contribution in [0.15, 0.2) is 24.4 Å². The lowest BCUT2D eigenvalue weighted by molar-refractivity contribution is -0.125. The second kappa shape index (κ2) is 6.42. The summed E-state index contributed by atoms with van der Waals surface area (Å²) in [7, 11) is 2.00. The first-order chi connectivity index (χ1) is 10.6. The van der Waals surface area contributed by atoms with Crippen molar-refractivity contribution in [3.05, 3.63) is 30.0 Å². The van der Waals surface area contributed by atoms with Gasteiger partial charge in [-0.1, -0.05) is 19.3 Å². The molecule has 0 saturated heterocycles. The third-order valence-electron chi connectivity index (χ3n) is 4.73. The Morgan fingerprint density at radius 3 is 2.86 bits per heavy atom. The van der Waals surface area contributed by atoms with Crippen LogP contribution in [0, 0.1) is 5.92 Å². The molecule has 4 heteroatoms. The molecule has 118 valence electrons. The average molecular weight is 300 g/mol. The van der Waals surface area contributed by atoms with Gasteiger partial charge in [-0.25, -0.2) is 0 Å².